The molecule has 1 aromatic heterocycles. The van der Waals surface area contributed by atoms with Crippen LogP contribution in [0.25, 0.3) is 10.9 Å². The van der Waals surface area contributed by atoms with Crippen LogP contribution in [0.2, 0.25) is 5.02 Å². The number of nitrogens with zero attached hydrogens (tertiary/aromatic N) is 2. The zero-order valence-electron chi connectivity index (χ0n) is 9.69. The average Bonchev–Trinajstić information content (AvgIpc) is 2.39. The summed E-state index contributed by atoms with van der Waals surface area (Å²) in [7, 11) is 0. The van der Waals surface area contributed by atoms with Gasteiger partial charge in [-0.2, -0.15) is 0 Å². The molecule has 1 saturated heterocycles. The second-order valence-electron chi connectivity index (χ2n) is 4.55. The molecule has 17 heavy (non-hydrogen) atoms. The highest BCUT2D eigenvalue weighted by atomic mass is 35.5. The van der Waals surface area contributed by atoms with Crippen LogP contribution in [0.3, 0.4) is 0 Å². The lowest BCUT2D eigenvalue weighted by Crippen LogP contribution is -2.30. The molecule has 0 saturated carbocycles. The van der Waals surface area contributed by atoms with Gasteiger partial charge in [-0.05, 0) is 43.5 Å². The average molecular weight is 247 g/mol. The normalized spacial score (nSPS) is 16.4. The van der Waals surface area contributed by atoms with Crippen molar-refractivity contribution in [2.45, 2.75) is 19.3 Å². The van der Waals surface area contributed by atoms with Gasteiger partial charge in [-0.1, -0.05) is 17.7 Å². The van der Waals surface area contributed by atoms with Gasteiger partial charge in [-0.3, -0.25) is 0 Å². The van der Waals surface area contributed by atoms with E-state index in [2.05, 4.69) is 17.0 Å². The van der Waals surface area contributed by atoms with Gasteiger partial charge in [0.15, 0.2) is 0 Å². The molecule has 3 rings (SSSR count). The van der Waals surface area contributed by atoms with Crippen LogP contribution in [0, 0.1) is 0 Å². The van der Waals surface area contributed by atoms with Gasteiger partial charge in [-0.25, -0.2) is 4.98 Å². The maximum absolute atomic E-state index is 6.00. The molecule has 3 heteroatoms. The maximum atomic E-state index is 6.00. The Morgan fingerprint density at radius 3 is 2.59 bits per heavy atom. The van der Waals surface area contributed by atoms with Crippen molar-refractivity contribution in [1.82, 2.24) is 4.98 Å². The Kier molecular flexibility index (Phi) is 2.89. The fourth-order valence-corrected chi connectivity index (χ4v) is 2.55. The van der Waals surface area contributed by atoms with Crippen LogP contribution >= 0.6 is 11.6 Å². The molecule has 0 spiro atoms. The van der Waals surface area contributed by atoms with Crippen molar-refractivity contribution in [3.63, 3.8) is 0 Å². The van der Waals surface area contributed by atoms with Crippen LogP contribution in [-0.2, 0) is 0 Å². The second-order valence-corrected chi connectivity index (χ2v) is 4.99. The summed E-state index contributed by atoms with van der Waals surface area (Å²) in [6, 6.07) is 10.1. The lowest BCUT2D eigenvalue weighted by atomic mass is 10.1. The number of fused-ring (bicyclic) bond motifs is 1. The monoisotopic (exact) mass is 246 g/mol. The van der Waals surface area contributed by atoms with E-state index in [1.54, 1.807) is 0 Å². The van der Waals surface area contributed by atoms with Gasteiger partial charge in [0.2, 0.25) is 0 Å². The second kappa shape index (κ2) is 4.53. The van der Waals surface area contributed by atoms with E-state index < -0.39 is 0 Å². The van der Waals surface area contributed by atoms with E-state index in [9.17, 15) is 0 Å². The largest absolute Gasteiger partial charge is 0.357 e. The molecule has 0 N–H and O–H groups in total. The Balaban J connectivity index is 1.99. The van der Waals surface area contributed by atoms with Crippen molar-refractivity contribution in [3.8, 4) is 0 Å². The van der Waals surface area contributed by atoms with Gasteiger partial charge in [-0.15, -0.1) is 0 Å². The molecular weight excluding hydrogens is 232 g/mol. The van der Waals surface area contributed by atoms with E-state index in [0.717, 1.165) is 34.8 Å². The molecule has 1 aromatic carbocycles. The number of hydrogen-bond acceptors (Lipinski definition) is 2. The fraction of sp³-hybridized carbons (Fsp3) is 0.357. The SMILES string of the molecule is Clc1ccc2ccc(N3CCCCC3)nc2c1. The fourth-order valence-electron chi connectivity index (χ4n) is 2.38. The molecule has 0 bridgehead atoms. The van der Waals surface area contributed by atoms with Gasteiger partial charge < -0.3 is 4.90 Å². The molecule has 0 amide bonds. The molecule has 0 atom stereocenters. The summed E-state index contributed by atoms with van der Waals surface area (Å²) >= 11 is 6.00. The number of rotatable bonds is 1. The van der Waals surface area contributed by atoms with E-state index in [0.29, 0.717) is 0 Å². The first-order chi connectivity index (χ1) is 8.33. The van der Waals surface area contributed by atoms with Crippen molar-refractivity contribution in [2.75, 3.05) is 18.0 Å². The molecule has 0 aliphatic carbocycles. The minimum absolute atomic E-state index is 0.751. The zero-order chi connectivity index (χ0) is 11.7. The number of pyridine rings is 1. The highest BCUT2D eigenvalue weighted by molar-refractivity contribution is 6.31. The van der Waals surface area contributed by atoms with E-state index in [4.69, 9.17) is 16.6 Å². The zero-order valence-corrected chi connectivity index (χ0v) is 10.5. The topological polar surface area (TPSA) is 16.1 Å². The summed E-state index contributed by atoms with van der Waals surface area (Å²) in [5.41, 5.74) is 0.987. The van der Waals surface area contributed by atoms with Crippen molar-refractivity contribution in [3.05, 3.63) is 35.4 Å². The molecule has 2 aromatic rings. The Labute approximate surface area is 106 Å². The Bertz CT molecular complexity index is 533. The number of anilines is 1. The Hall–Kier alpha value is -1.28. The molecule has 1 fully saturated rings. The smallest absolute Gasteiger partial charge is 0.129 e. The van der Waals surface area contributed by atoms with E-state index in [1.807, 2.05) is 18.2 Å². The summed E-state index contributed by atoms with van der Waals surface area (Å²) < 4.78 is 0. The van der Waals surface area contributed by atoms with Gasteiger partial charge in [0.1, 0.15) is 5.82 Å². The van der Waals surface area contributed by atoms with Crippen molar-refractivity contribution in [1.29, 1.82) is 0 Å². The molecule has 88 valence electrons. The van der Waals surface area contributed by atoms with E-state index in [1.165, 1.54) is 19.3 Å². The van der Waals surface area contributed by atoms with Crippen LogP contribution in [0.15, 0.2) is 30.3 Å². The Morgan fingerprint density at radius 2 is 1.76 bits per heavy atom. The molecule has 1 aliphatic heterocycles. The van der Waals surface area contributed by atoms with Crippen LogP contribution in [0.5, 0.6) is 0 Å². The first kappa shape index (κ1) is 10.8. The lowest BCUT2D eigenvalue weighted by molar-refractivity contribution is 0.574. The molecule has 2 heterocycles. The van der Waals surface area contributed by atoms with Crippen LogP contribution in [-0.4, -0.2) is 18.1 Å². The summed E-state index contributed by atoms with van der Waals surface area (Å²) in [6.07, 6.45) is 3.89. The maximum Gasteiger partial charge on any atom is 0.129 e. The van der Waals surface area contributed by atoms with Gasteiger partial charge in [0.05, 0.1) is 5.52 Å². The summed E-state index contributed by atoms with van der Waals surface area (Å²) in [6.45, 7) is 2.25. The van der Waals surface area contributed by atoms with Crippen LogP contribution in [0.1, 0.15) is 19.3 Å². The van der Waals surface area contributed by atoms with Gasteiger partial charge >= 0.3 is 0 Å². The van der Waals surface area contributed by atoms with Crippen LogP contribution < -0.4 is 4.90 Å². The van der Waals surface area contributed by atoms with Gasteiger partial charge in [0, 0.05) is 23.5 Å². The predicted molar refractivity (Wildman–Crippen MR) is 72.8 cm³/mol. The number of piperidine rings is 1. The first-order valence-corrected chi connectivity index (χ1v) is 6.52. The molecule has 1 aliphatic rings. The van der Waals surface area contributed by atoms with Crippen LogP contribution in [0.4, 0.5) is 5.82 Å². The van der Waals surface area contributed by atoms with Crippen molar-refractivity contribution in [2.24, 2.45) is 0 Å². The van der Waals surface area contributed by atoms with Gasteiger partial charge in [0.25, 0.3) is 0 Å². The highest BCUT2D eigenvalue weighted by Gasteiger charge is 2.12. The third-order valence-corrected chi connectivity index (χ3v) is 3.55. The lowest BCUT2D eigenvalue weighted by Gasteiger charge is -2.27. The third-order valence-electron chi connectivity index (χ3n) is 3.32. The quantitative estimate of drug-likeness (QED) is 0.759. The highest BCUT2D eigenvalue weighted by Crippen LogP contribution is 2.23. The summed E-state index contributed by atoms with van der Waals surface area (Å²) in [5.74, 6) is 1.08. The standard InChI is InChI=1S/C14H15ClN2/c15-12-6-4-11-5-7-14(16-13(11)10-12)17-8-2-1-3-9-17/h4-7,10H,1-3,8-9H2. The van der Waals surface area contributed by atoms with E-state index in [-0.39, 0.29) is 0 Å². The Morgan fingerprint density at radius 1 is 1.00 bits per heavy atom. The van der Waals surface area contributed by atoms with Crippen molar-refractivity contribution < 1.29 is 0 Å². The molecule has 2 nitrogen and oxygen atoms in total. The number of halogens is 1. The first-order valence-electron chi connectivity index (χ1n) is 6.14. The summed E-state index contributed by atoms with van der Waals surface area (Å²) in [5, 5.41) is 1.90. The minimum Gasteiger partial charge on any atom is -0.357 e. The van der Waals surface area contributed by atoms with Crippen molar-refractivity contribution >= 4 is 28.3 Å². The van der Waals surface area contributed by atoms with E-state index >= 15 is 0 Å². The summed E-state index contributed by atoms with van der Waals surface area (Å²) in [4.78, 5) is 7.07. The number of hydrogen-bond donors (Lipinski definition) is 0. The predicted octanol–water partition coefficient (Wildman–Crippen LogP) is 3.88. The molecule has 0 unspecified atom stereocenters. The molecular formula is C14H15ClN2. The minimum atomic E-state index is 0.751. The third kappa shape index (κ3) is 2.22. The molecule has 0 radical (unpaired) electrons. The number of aromatic nitrogens is 1. The number of benzene rings is 1.